The van der Waals surface area contributed by atoms with E-state index in [9.17, 15) is 19.5 Å². The number of amides is 2. The minimum atomic E-state index is -1.09. The summed E-state index contributed by atoms with van der Waals surface area (Å²) >= 11 is 0. The predicted octanol–water partition coefficient (Wildman–Crippen LogP) is 2.16. The van der Waals surface area contributed by atoms with Crippen molar-refractivity contribution in [2.45, 2.75) is 30.5 Å². The van der Waals surface area contributed by atoms with Crippen LogP contribution in [0.3, 0.4) is 0 Å². The maximum atomic E-state index is 13.3. The number of hydrogen-bond acceptors (Lipinski definition) is 6. The molecule has 4 rings (SSSR count). The van der Waals surface area contributed by atoms with Crippen molar-refractivity contribution >= 4 is 18.0 Å². The Morgan fingerprint density at radius 2 is 1.69 bits per heavy atom. The molecule has 1 fully saturated rings. The van der Waals surface area contributed by atoms with Crippen LogP contribution in [0.15, 0.2) is 48.5 Å². The fourth-order valence-electron chi connectivity index (χ4n) is 4.98. The number of likely N-dealkylation sites (N-methyl/N-ethyl adjacent to an activating group) is 1. The molecule has 2 unspecified atom stereocenters. The first-order valence-electron chi connectivity index (χ1n) is 11.6. The van der Waals surface area contributed by atoms with E-state index in [2.05, 4.69) is 17.4 Å². The molecule has 2 aromatic carbocycles. The van der Waals surface area contributed by atoms with Crippen LogP contribution in [-0.4, -0.2) is 92.0 Å². The number of likely N-dealkylation sites (tertiary alicyclic amines) is 1. The molecule has 9 nitrogen and oxygen atoms in total. The van der Waals surface area contributed by atoms with Gasteiger partial charge in [-0.25, -0.2) is 9.59 Å². The van der Waals surface area contributed by atoms with Gasteiger partial charge in [-0.2, -0.15) is 0 Å². The predicted molar refractivity (Wildman–Crippen MR) is 129 cm³/mol. The zero-order valence-electron chi connectivity index (χ0n) is 20.1. The molecule has 2 aromatic rings. The van der Waals surface area contributed by atoms with Crippen LogP contribution in [0.25, 0.3) is 11.1 Å². The van der Waals surface area contributed by atoms with Crippen molar-refractivity contribution < 1.29 is 29.0 Å². The third-order valence-corrected chi connectivity index (χ3v) is 6.65. The van der Waals surface area contributed by atoms with Gasteiger partial charge < -0.3 is 29.7 Å². The Morgan fingerprint density at radius 3 is 2.23 bits per heavy atom. The van der Waals surface area contributed by atoms with Crippen molar-refractivity contribution in [3.05, 3.63) is 59.7 Å². The van der Waals surface area contributed by atoms with Gasteiger partial charge in [0.2, 0.25) is 5.91 Å². The Labute approximate surface area is 204 Å². The molecule has 2 N–H and O–H groups in total. The normalized spacial score (nSPS) is 19.8. The zero-order valence-corrected chi connectivity index (χ0v) is 20.1. The van der Waals surface area contributed by atoms with Gasteiger partial charge in [0.15, 0.2) is 0 Å². The molecule has 1 saturated heterocycles. The van der Waals surface area contributed by atoms with Gasteiger partial charge in [0.1, 0.15) is 18.7 Å². The van der Waals surface area contributed by atoms with E-state index in [-0.39, 0.29) is 38.1 Å². The van der Waals surface area contributed by atoms with Crippen LogP contribution in [0.1, 0.15) is 23.5 Å². The fourth-order valence-corrected chi connectivity index (χ4v) is 4.98. The van der Waals surface area contributed by atoms with Gasteiger partial charge >= 0.3 is 12.1 Å². The number of ether oxygens (including phenoxy) is 2. The minimum absolute atomic E-state index is 0.103. The van der Waals surface area contributed by atoms with E-state index in [1.54, 1.807) is 19.0 Å². The number of carbonyl (C=O) groups is 3. The summed E-state index contributed by atoms with van der Waals surface area (Å²) in [6.45, 7) is 0.474. The molecule has 186 valence electrons. The first kappa shape index (κ1) is 24.7. The Morgan fingerprint density at radius 1 is 1.09 bits per heavy atom. The number of benzene rings is 2. The molecule has 1 aliphatic heterocycles. The van der Waals surface area contributed by atoms with E-state index >= 15 is 0 Å². The third kappa shape index (κ3) is 5.16. The van der Waals surface area contributed by atoms with Crippen LogP contribution in [0, 0.1) is 0 Å². The highest BCUT2D eigenvalue weighted by molar-refractivity contribution is 5.90. The smallest absolute Gasteiger partial charge is 0.407 e. The number of rotatable bonds is 8. The highest BCUT2D eigenvalue weighted by Crippen LogP contribution is 2.44. The van der Waals surface area contributed by atoms with Crippen LogP contribution in [-0.2, 0) is 19.1 Å². The number of nitrogens with one attached hydrogen (secondary N) is 1. The van der Waals surface area contributed by atoms with Crippen LogP contribution in [0.5, 0.6) is 0 Å². The van der Waals surface area contributed by atoms with Gasteiger partial charge in [0.05, 0.1) is 6.10 Å². The summed E-state index contributed by atoms with van der Waals surface area (Å²) in [5, 5.41) is 12.2. The number of carbonyl (C=O) groups excluding carboxylic acids is 2. The molecule has 2 amide bonds. The average molecular weight is 482 g/mol. The van der Waals surface area contributed by atoms with Crippen molar-refractivity contribution in [3.8, 4) is 11.1 Å². The van der Waals surface area contributed by atoms with Gasteiger partial charge in [0, 0.05) is 32.5 Å². The molecule has 35 heavy (non-hydrogen) atoms. The number of aliphatic carboxylic acids is 1. The summed E-state index contributed by atoms with van der Waals surface area (Å²) in [7, 11) is 5.04. The van der Waals surface area contributed by atoms with Gasteiger partial charge in [-0.05, 0) is 36.3 Å². The van der Waals surface area contributed by atoms with Gasteiger partial charge in [-0.1, -0.05) is 48.5 Å². The number of carboxylic acids is 1. The Bertz CT molecular complexity index is 1060. The van der Waals surface area contributed by atoms with Gasteiger partial charge in [-0.15, -0.1) is 0 Å². The molecule has 9 heteroatoms. The first-order chi connectivity index (χ1) is 16.8. The third-order valence-electron chi connectivity index (χ3n) is 6.65. The highest BCUT2D eigenvalue weighted by Gasteiger charge is 2.42. The molecule has 0 spiro atoms. The first-order valence-corrected chi connectivity index (χ1v) is 11.6. The number of carboxylic acid groups (broad SMARTS) is 1. The number of alkyl carbamates (subject to hydrolysis) is 1. The van der Waals surface area contributed by atoms with E-state index < -0.39 is 30.1 Å². The van der Waals surface area contributed by atoms with E-state index in [4.69, 9.17) is 9.47 Å². The van der Waals surface area contributed by atoms with Crippen LogP contribution >= 0.6 is 0 Å². The second kappa shape index (κ2) is 10.5. The van der Waals surface area contributed by atoms with Gasteiger partial charge in [-0.3, -0.25) is 4.79 Å². The van der Waals surface area contributed by atoms with Gasteiger partial charge in [0.25, 0.3) is 0 Å². The topological polar surface area (TPSA) is 108 Å². The van der Waals surface area contributed by atoms with E-state index in [1.165, 1.54) is 12.0 Å². The van der Waals surface area contributed by atoms with E-state index in [1.807, 2.05) is 36.4 Å². The second-order valence-electron chi connectivity index (χ2n) is 9.22. The summed E-state index contributed by atoms with van der Waals surface area (Å²) < 4.78 is 10.9. The monoisotopic (exact) mass is 481 g/mol. The van der Waals surface area contributed by atoms with Crippen molar-refractivity contribution in [2.75, 3.05) is 40.9 Å². The minimum Gasteiger partial charge on any atom is -0.480 e. The van der Waals surface area contributed by atoms with Crippen LogP contribution in [0.2, 0.25) is 0 Å². The fraction of sp³-hybridized carbons (Fsp3) is 0.423. The quantitative estimate of drug-likeness (QED) is 0.595. The van der Waals surface area contributed by atoms with Crippen molar-refractivity contribution in [2.24, 2.45) is 0 Å². The number of nitrogens with zero attached hydrogens (tertiary/aromatic N) is 2. The summed E-state index contributed by atoms with van der Waals surface area (Å²) in [6, 6.07) is 14.1. The molecule has 0 saturated carbocycles. The van der Waals surface area contributed by atoms with Crippen molar-refractivity contribution in [1.82, 2.24) is 15.1 Å². The summed E-state index contributed by atoms with van der Waals surface area (Å²) in [5.41, 5.74) is 4.43. The average Bonchev–Trinajstić information content (AvgIpc) is 3.41. The van der Waals surface area contributed by atoms with Crippen LogP contribution in [0.4, 0.5) is 4.79 Å². The zero-order chi connectivity index (χ0) is 25.1. The Balaban J connectivity index is 1.45. The molecule has 1 aliphatic carbocycles. The lowest BCUT2D eigenvalue weighted by molar-refractivity contribution is -0.149. The Kier molecular flexibility index (Phi) is 7.37. The van der Waals surface area contributed by atoms with Crippen LogP contribution < -0.4 is 5.32 Å². The molecule has 2 aliphatic rings. The largest absolute Gasteiger partial charge is 0.480 e. The summed E-state index contributed by atoms with van der Waals surface area (Å²) in [6.07, 6.45) is -0.882. The van der Waals surface area contributed by atoms with E-state index in [0.29, 0.717) is 0 Å². The summed E-state index contributed by atoms with van der Waals surface area (Å²) in [5.74, 6) is -1.67. The molecule has 0 aromatic heterocycles. The number of methoxy groups -OCH3 is 1. The lowest BCUT2D eigenvalue weighted by Crippen LogP contribution is -2.55. The number of fused-ring (bicyclic) bond motifs is 3. The Hall–Kier alpha value is -3.43. The lowest BCUT2D eigenvalue weighted by Gasteiger charge is -2.28. The second-order valence-corrected chi connectivity index (χ2v) is 9.22. The lowest BCUT2D eigenvalue weighted by atomic mass is 9.98. The SMILES string of the molecule is COC1CC(C(=O)O)N(C(=O)[C@H](CN(C)C)NC(=O)OCC2c3ccccc3-c3ccccc32)C1. The molecule has 3 atom stereocenters. The molecule has 1 heterocycles. The molecular weight excluding hydrogens is 450 g/mol. The van der Waals surface area contributed by atoms with Crippen molar-refractivity contribution in [1.29, 1.82) is 0 Å². The summed E-state index contributed by atoms with van der Waals surface area (Å²) in [4.78, 5) is 40.8. The number of hydrogen-bond donors (Lipinski definition) is 2. The standard InChI is InChI=1S/C26H31N3O6/c1-28(2)14-22(24(30)29-13-16(34-3)12-23(29)25(31)32)27-26(33)35-15-21-19-10-6-4-8-17(19)18-9-5-7-11-20(18)21/h4-11,16,21-23H,12-15H2,1-3H3,(H,27,33)(H,31,32)/t16?,22-,23?/m0/s1. The molecule has 0 bridgehead atoms. The molecular formula is C26H31N3O6. The highest BCUT2D eigenvalue weighted by atomic mass is 16.5. The maximum Gasteiger partial charge on any atom is 0.407 e. The molecule has 0 radical (unpaired) electrons. The van der Waals surface area contributed by atoms with E-state index in [0.717, 1.165) is 22.3 Å². The maximum absolute atomic E-state index is 13.3. The van der Waals surface area contributed by atoms with Crippen molar-refractivity contribution in [3.63, 3.8) is 0 Å².